The Morgan fingerprint density at radius 3 is 3.00 bits per heavy atom. The lowest BCUT2D eigenvalue weighted by atomic mass is 10.1. The first-order valence-electron chi connectivity index (χ1n) is 5.64. The molecule has 1 aliphatic rings. The van der Waals surface area contributed by atoms with E-state index in [2.05, 4.69) is 4.98 Å². The number of carboxylic acid groups (broad SMARTS) is 1. The molecule has 0 radical (unpaired) electrons. The average Bonchev–Trinajstić information content (AvgIpc) is 2.74. The fraction of sp³-hybridized carbons (Fsp3) is 0.500. The van der Waals surface area contributed by atoms with Crippen LogP contribution in [-0.2, 0) is 4.74 Å². The molecule has 2 heterocycles. The molecule has 0 spiro atoms. The molecule has 1 N–H and O–H groups in total. The summed E-state index contributed by atoms with van der Waals surface area (Å²) in [7, 11) is 1.89. The number of likely N-dealkylation sites (N-methyl/N-ethyl adjacent to an activating group) is 1. The molecule has 0 aromatic carbocycles. The third-order valence-corrected chi connectivity index (χ3v) is 3.20. The van der Waals surface area contributed by atoms with Gasteiger partial charge in [-0.2, -0.15) is 0 Å². The molecular weight excluding hydrogens is 220 g/mol. The maximum absolute atomic E-state index is 11.1. The molecule has 0 aliphatic carbocycles. The lowest BCUT2D eigenvalue weighted by molar-refractivity contribution is 0.0690. The van der Waals surface area contributed by atoms with Crippen molar-refractivity contribution in [2.75, 3.05) is 18.6 Å². The van der Waals surface area contributed by atoms with E-state index in [-0.39, 0.29) is 17.8 Å². The molecule has 0 saturated carbocycles. The van der Waals surface area contributed by atoms with Crippen molar-refractivity contribution < 1.29 is 14.6 Å². The van der Waals surface area contributed by atoms with E-state index >= 15 is 0 Å². The van der Waals surface area contributed by atoms with E-state index in [0.29, 0.717) is 5.69 Å². The van der Waals surface area contributed by atoms with Crippen LogP contribution in [0.4, 0.5) is 5.69 Å². The highest BCUT2D eigenvalue weighted by atomic mass is 16.5. The standard InChI is InChI=1S/C12H16N2O3/c1-8-9(5-7-17-8)14(2)10-4-3-6-13-11(10)12(15)16/h3-4,6,8-9H,5,7H2,1-2H3,(H,15,16). The quantitative estimate of drug-likeness (QED) is 0.859. The van der Waals surface area contributed by atoms with E-state index in [4.69, 9.17) is 9.84 Å². The van der Waals surface area contributed by atoms with Crippen molar-refractivity contribution >= 4 is 11.7 Å². The van der Waals surface area contributed by atoms with Gasteiger partial charge in [-0.15, -0.1) is 0 Å². The molecule has 2 unspecified atom stereocenters. The van der Waals surface area contributed by atoms with E-state index < -0.39 is 5.97 Å². The van der Waals surface area contributed by atoms with Gasteiger partial charge in [0.15, 0.2) is 5.69 Å². The van der Waals surface area contributed by atoms with Crippen molar-refractivity contribution in [2.24, 2.45) is 0 Å². The fourth-order valence-corrected chi connectivity index (χ4v) is 2.25. The van der Waals surface area contributed by atoms with Crippen molar-refractivity contribution in [3.8, 4) is 0 Å². The molecule has 1 saturated heterocycles. The van der Waals surface area contributed by atoms with Crippen LogP contribution in [0.3, 0.4) is 0 Å². The average molecular weight is 236 g/mol. The highest BCUT2D eigenvalue weighted by Crippen LogP contribution is 2.26. The lowest BCUT2D eigenvalue weighted by Gasteiger charge is -2.29. The summed E-state index contributed by atoms with van der Waals surface area (Å²) in [6.45, 7) is 2.73. The molecular formula is C12H16N2O3. The van der Waals surface area contributed by atoms with Gasteiger partial charge in [0.1, 0.15) is 0 Å². The summed E-state index contributed by atoms with van der Waals surface area (Å²) in [6, 6.07) is 3.73. The fourth-order valence-electron chi connectivity index (χ4n) is 2.25. The zero-order valence-corrected chi connectivity index (χ0v) is 9.96. The molecule has 5 nitrogen and oxygen atoms in total. The van der Waals surface area contributed by atoms with Gasteiger partial charge in [0.2, 0.25) is 0 Å². The number of ether oxygens (including phenoxy) is 1. The van der Waals surface area contributed by atoms with Crippen LogP contribution in [0.1, 0.15) is 23.8 Å². The topological polar surface area (TPSA) is 62.7 Å². The van der Waals surface area contributed by atoms with Gasteiger partial charge in [-0.05, 0) is 25.5 Å². The van der Waals surface area contributed by atoms with Gasteiger partial charge in [-0.25, -0.2) is 9.78 Å². The Morgan fingerprint density at radius 1 is 1.65 bits per heavy atom. The number of rotatable bonds is 3. The van der Waals surface area contributed by atoms with Crippen molar-refractivity contribution in [3.63, 3.8) is 0 Å². The van der Waals surface area contributed by atoms with E-state index in [9.17, 15) is 4.79 Å². The summed E-state index contributed by atoms with van der Waals surface area (Å²) in [5, 5.41) is 9.10. The first-order chi connectivity index (χ1) is 8.11. The third-order valence-electron chi connectivity index (χ3n) is 3.20. The van der Waals surface area contributed by atoms with Gasteiger partial charge in [0.05, 0.1) is 17.8 Å². The zero-order chi connectivity index (χ0) is 12.4. The molecule has 17 heavy (non-hydrogen) atoms. The Kier molecular flexibility index (Phi) is 3.28. The maximum Gasteiger partial charge on any atom is 0.356 e. The second kappa shape index (κ2) is 4.71. The number of aromatic nitrogens is 1. The normalized spacial score (nSPS) is 23.6. The summed E-state index contributed by atoms with van der Waals surface area (Å²) in [4.78, 5) is 17.0. The molecule has 0 amide bonds. The monoisotopic (exact) mass is 236 g/mol. The summed E-state index contributed by atoms with van der Waals surface area (Å²) >= 11 is 0. The number of hydrogen-bond donors (Lipinski definition) is 1. The highest BCUT2D eigenvalue weighted by molar-refractivity contribution is 5.92. The van der Waals surface area contributed by atoms with E-state index in [1.807, 2.05) is 18.9 Å². The number of carbonyl (C=O) groups is 1. The lowest BCUT2D eigenvalue weighted by Crippen LogP contribution is -2.37. The number of carboxylic acids is 1. The number of anilines is 1. The number of pyridine rings is 1. The predicted molar refractivity (Wildman–Crippen MR) is 63.4 cm³/mol. The molecule has 1 fully saturated rings. The molecule has 2 rings (SSSR count). The first-order valence-corrected chi connectivity index (χ1v) is 5.64. The van der Waals surface area contributed by atoms with Crippen molar-refractivity contribution in [1.29, 1.82) is 0 Å². The van der Waals surface area contributed by atoms with Crippen LogP contribution in [0.15, 0.2) is 18.3 Å². The molecule has 1 aromatic rings. The van der Waals surface area contributed by atoms with Crippen LogP contribution in [0.5, 0.6) is 0 Å². The minimum absolute atomic E-state index is 0.0918. The van der Waals surface area contributed by atoms with Crippen molar-refractivity contribution in [3.05, 3.63) is 24.0 Å². The Labute approximate surface area is 100 Å². The molecule has 1 aliphatic heterocycles. The van der Waals surface area contributed by atoms with Gasteiger partial charge in [0, 0.05) is 19.9 Å². The van der Waals surface area contributed by atoms with E-state index in [0.717, 1.165) is 13.0 Å². The van der Waals surface area contributed by atoms with Crippen molar-refractivity contribution in [1.82, 2.24) is 4.98 Å². The Balaban J connectivity index is 2.30. The van der Waals surface area contributed by atoms with Crippen LogP contribution in [-0.4, -0.2) is 41.9 Å². The zero-order valence-electron chi connectivity index (χ0n) is 9.96. The Morgan fingerprint density at radius 2 is 2.41 bits per heavy atom. The van der Waals surface area contributed by atoms with Gasteiger partial charge < -0.3 is 14.7 Å². The van der Waals surface area contributed by atoms with Gasteiger partial charge >= 0.3 is 5.97 Å². The van der Waals surface area contributed by atoms with Crippen molar-refractivity contribution in [2.45, 2.75) is 25.5 Å². The first kappa shape index (κ1) is 11.9. The van der Waals surface area contributed by atoms with Crippen LogP contribution in [0.25, 0.3) is 0 Å². The SMILES string of the molecule is CC1OCCC1N(C)c1cccnc1C(=O)O. The minimum atomic E-state index is -1.00. The molecule has 2 atom stereocenters. The second-order valence-electron chi connectivity index (χ2n) is 4.22. The summed E-state index contributed by atoms with van der Waals surface area (Å²) in [5.41, 5.74) is 0.733. The van der Waals surface area contributed by atoms with Crippen LogP contribution < -0.4 is 4.90 Å². The largest absolute Gasteiger partial charge is 0.476 e. The predicted octanol–water partition coefficient (Wildman–Crippen LogP) is 1.39. The van der Waals surface area contributed by atoms with Gasteiger partial charge in [0.25, 0.3) is 0 Å². The van der Waals surface area contributed by atoms with Gasteiger partial charge in [-0.1, -0.05) is 0 Å². The summed E-state index contributed by atoms with van der Waals surface area (Å²) in [6.07, 6.45) is 2.52. The summed E-state index contributed by atoms with van der Waals surface area (Å²) in [5.74, 6) is -1.00. The van der Waals surface area contributed by atoms with Crippen LogP contribution in [0.2, 0.25) is 0 Å². The summed E-state index contributed by atoms with van der Waals surface area (Å²) < 4.78 is 5.50. The molecule has 92 valence electrons. The van der Waals surface area contributed by atoms with Crippen LogP contribution in [0, 0.1) is 0 Å². The van der Waals surface area contributed by atoms with E-state index in [1.54, 1.807) is 12.1 Å². The molecule has 5 heteroatoms. The van der Waals surface area contributed by atoms with Gasteiger partial charge in [-0.3, -0.25) is 0 Å². The maximum atomic E-state index is 11.1. The Hall–Kier alpha value is -1.62. The highest BCUT2D eigenvalue weighted by Gasteiger charge is 2.30. The Bertz CT molecular complexity index is 422. The minimum Gasteiger partial charge on any atom is -0.476 e. The van der Waals surface area contributed by atoms with E-state index in [1.165, 1.54) is 6.20 Å². The molecule has 1 aromatic heterocycles. The number of nitrogens with zero attached hydrogens (tertiary/aromatic N) is 2. The van der Waals surface area contributed by atoms with Crippen LogP contribution >= 0.6 is 0 Å². The smallest absolute Gasteiger partial charge is 0.356 e. The second-order valence-corrected chi connectivity index (χ2v) is 4.22. The number of hydrogen-bond acceptors (Lipinski definition) is 4. The molecule has 0 bridgehead atoms. The third kappa shape index (κ3) is 2.24. The number of aromatic carboxylic acids is 1.